The van der Waals surface area contributed by atoms with Crippen molar-refractivity contribution in [3.8, 4) is 11.1 Å². The lowest BCUT2D eigenvalue weighted by molar-refractivity contribution is -0.166. The second kappa shape index (κ2) is 11.8. The molecule has 42 heavy (non-hydrogen) atoms. The topological polar surface area (TPSA) is 86.1 Å². The number of carbonyl (C=O) groups is 2. The quantitative estimate of drug-likeness (QED) is 0.556. The number of aromatic nitrogens is 1. The van der Waals surface area contributed by atoms with Gasteiger partial charge in [0.25, 0.3) is 11.5 Å². The predicted octanol–water partition coefficient (Wildman–Crippen LogP) is 3.77. The number of piperidine rings is 1. The van der Waals surface area contributed by atoms with E-state index in [1.165, 1.54) is 15.5 Å². The number of benzene rings is 1. The number of aliphatic hydroxyl groups is 1. The Bertz CT molecular complexity index is 1350. The van der Waals surface area contributed by atoms with E-state index in [-0.39, 0.29) is 37.5 Å². The third-order valence-electron chi connectivity index (χ3n) is 9.48. The zero-order valence-electron chi connectivity index (χ0n) is 24.0. The molecule has 2 aliphatic heterocycles. The molecule has 3 fully saturated rings. The van der Waals surface area contributed by atoms with Crippen LogP contribution in [0.2, 0.25) is 0 Å². The van der Waals surface area contributed by atoms with Crippen LogP contribution in [0.1, 0.15) is 55.3 Å². The van der Waals surface area contributed by atoms with Crippen LogP contribution in [0.4, 0.5) is 13.2 Å². The molecule has 2 aromatic rings. The number of likely N-dealkylation sites (tertiary alicyclic amines) is 1. The standard InChI is InChI=1S/C31H39F3N4O4/c1-35-15-17-36(18-16-35)28(41)25-20-38(27(40)19-24(25)23-7-3-2-4-8-23)22-30(42)13-14-37(21-29(30)10-5-6-11-29)26(39)9-12-31(32,33)34/h2-4,7-8,19-20,42H,5-6,9-18,21-22H2,1H3. The largest absolute Gasteiger partial charge is 0.389 e. The molecule has 1 aromatic carbocycles. The molecule has 1 atom stereocenters. The molecule has 3 heterocycles. The van der Waals surface area contributed by atoms with E-state index in [9.17, 15) is 32.7 Å². The Hall–Kier alpha value is -3.18. The number of hydrogen-bond donors (Lipinski definition) is 1. The van der Waals surface area contributed by atoms with Crippen LogP contribution in [-0.4, -0.2) is 94.3 Å². The Labute approximate surface area is 243 Å². The van der Waals surface area contributed by atoms with Crippen LogP contribution < -0.4 is 5.56 Å². The number of nitrogens with zero attached hydrogens (tertiary/aromatic N) is 4. The summed E-state index contributed by atoms with van der Waals surface area (Å²) in [5.41, 5.74) is -0.790. The van der Waals surface area contributed by atoms with Crippen molar-refractivity contribution in [1.82, 2.24) is 19.3 Å². The first-order valence-corrected chi connectivity index (χ1v) is 14.7. The Morgan fingerprint density at radius 2 is 1.62 bits per heavy atom. The van der Waals surface area contributed by atoms with E-state index in [1.807, 2.05) is 37.4 Å². The van der Waals surface area contributed by atoms with Gasteiger partial charge in [-0.25, -0.2) is 0 Å². The first-order chi connectivity index (χ1) is 19.9. The van der Waals surface area contributed by atoms with Crippen molar-refractivity contribution >= 4 is 11.8 Å². The molecule has 5 rings (SSSR count). The normalized spacial score (nSPS) is 23.0. The van der Waals surface area contributed by atoms with Crippen molar-refractivity contribution in [2.24, 2.45) is 5.41 Å². The van der Waals surface area contributed by atoms with E-state index >= 15 is 0 Å². The summed E-state index contributed by atoms with van der Waals surface area (Å²) in [7, 11) is 2.01. The van der Waals surface area contributed by atoms with E-state index < -0.39 is 35.9 Å². The van der Waals surface area contributed by atoms with E-state index in [2.05, 4.69) is 4.90 Å². The number of pyridine rings is 1. The molecule has 11 heteroatoms. The fraction of sp³-hybridized carbons (Fsp3) is 0.581. The molecular formula is C31H39F3N4O4. The summed E-state index contributed by atoms with van der Waals surface area (Å²) < 4.78 is 39.7. The molecule has 1 unspecified atom stereocenters. The Balaban J connectivity index is 1.45. The third-order valence-corrected chi connectivity index (χ3v) is 9.48. The number of amides is 2. The van der Waals surface area contributed by atoms with Crippen molar-refractivity contribution in [2.75, 3.05) is 46.3 Å². The van der Waals surface area contributed by atoms with Gasteiger partial charge in [-0.2, -0.15) is 13.2 Å². The lowest BCUT2D eigenvalue weighted by Crippen LogP contribution is -2.62. The minimum absolute atomic E-state index is 0.0610. The molecule has 228 valence electrons. The first-order valence-electron chi connectivity index (χ1n) is 14.7. The predicted molar refractivity (Wildman–Crippen MR) is 152 cm³/mol. The third kappa shape index (κ3) is 6.27. The second-order valence-corrected chi connectivity index (χ2v) is 12.2. The van der Waals surface area contributed by atoms with Crippen LogP contribution in [0.3, 0.4) is 0 Å². The average molecular weight is 589 g/mol. The van der Waals surface area contributed by atoms with E-state index in [1.54, 1.807) is 11.1 Å². The van der Waals surface area contributed by atoms with E-state index in [0.29, 0.717) is 37.1 Å². The molecule has 1 aromatic heterocycles. The van der Waals surface area contributed by atoms with Crippen molar-refractivity contribution in [1.29, 1.82) is 0 Å². The summed E-state index contributed by atoms with van der Waals surface area (Å²) in [5.74, 6) is -0.742. The summed E-state index contributed by atoms with van der Waals surface area (Å²) in [6.07, 6.45) is -1.64. The summed E-state index contributed by atoms with van der Waals surface area (Å²) >= 11 is 0. The van der Waals surface area contributed by atoms with Crippen LogP contribution >= 0.6 is 0 Å². The number of halogens is 3. The summed E-state index contributed by atoms with van der Waals surface area (Å²) in [6, 6.07) is 10.7. The van der Waals surface area contributed by atoms with Crippen molar-refractivity contribution in [3.05, 3.63) is 58.5 Å². The van der Waals surface area contributed by atoms with Crippen LogP contribution in [0, 0.1) is 5.41 Å². The molecular weight excluding hydrogens is 549 g/mol. The maximum atomic E-state index is 13.8. The molecule has 2 saturated heterocycles. The molecule has 1 N–H and O–H groups in total. The van der Waals surface area contributed by atoms with Crippen molar-refractivity contribution < 1.29 is 27.9 Å². The van der Waals surface area contributed by atoms with Gasteiger partial charge < -0.3 is 24.4 Å². The maximum absolute atomic E-state index is 13.8. The zero-order valence-corrected chi connectivity index (χ0v) is 24.0. The van der Waals surface area contributed by atoms with E-state index in [4.69, 9.17) is 0 Å². The molecule has 0 radical (unpaired) electrons. The highest BCUT2D eigenvalue weighted by atomic mass is 19.4. The maximum Gasteiger partial charge on any atom is 0.389 e. The highest BCUT2D eigenvalue weighted by molar-refractivity contribution is 6.00. The Kier molecular flexibility index (Phi) is 8.53. The summed E-state index contributed by atoms with van der Waals surface area (Å²) in [6.45, 7) is 2.82. The van der Waals surface area contributed by atoms with Gasteiger partial charge in [0, 0.05) is 68.9 Å². The monoisotopic (exact) mass is 588 g/mol. The number of alkyl halides is 3. The van der Waals surface area contributed by atoms with Crippen LogP contribution in [0.5, 0.6) is 0 Å². The number of hydrogen-bond acceptors (Lipinski definition) is 5. The van der Waals surface area contributed by atoms with Gasteiger partial charge >= 0.3 is 6.18 Å². The van der Waals surface area contributed by atoms with Gasteiger partial charge in [0.05, 0.1) is 24.1 Å². The van der Waals surface area contributed by atoms with Gasteiger partial charge in [-0.1, -0.05) is 43.2 Å². The highest BCUT2D eigenvalue weighted by Gasteiger charge is 2.55. The molecule has 0 bridgehead atoms. The summed E-state index contributed by atoms with van der Waals surface area (Å²) in [5, 5.41) is 12.2. The Morgan fingerprint density at radius 3 is 2.26 bits per heavy atom. The molecule has 2 amide bonds. The van der Waals surface area contributed by atoms with Crippen LogP contribution in [0.25, 0.3) is 11.1 Å². The zero-order chi connectivity index (χ0) is 30.1. The van der Waals surface area contributed by atoms with Gasteiger partial charge in [0.15, 0.2) is 0 Å². The lowest BCUT2D eigenvalue weighted by atomic mass is 9.65. The molecule has 1 spiro atoms. The number of likely N-dealkylation sites (N-methyl/N-ethyl adjacent to an activating group) is 1. The minimum Gasteiger partial charge on any atom is -0.387 e. The van der Waals surface area contributed by atoms with Crippen LogP contribution in [0.15, 0.2) is 47.4 Å². The molecule has 3 aliphatic rings. The average Bonchev–Trinajstić information content (AvgIpc) is 3.44. The van der Waals surface area contributed by atoms with Gasteiger partial charge in [-0.05, 0) is 31.9 Å². The fourth-order valence-corrected chi connectivity index (χ4v) is 6.90. The SMILES string of the molecule is CN1CCN(C(=O)c2cn(CC3(O)CCN(C(=O)CCC(F)(F)F)CC34CCCC4)c(=O)cc2-c2ccccc2)CC1. The number of carbonyl (C=O) groups excluding carboxylic acids is 2. The Morgan fingerprint density at radius 1 is 0.952 bits per heavy atom. The highest BCUT2D eigenvalue weighted by Crippen LogP contribution is 2.51. The second-order valence-electron chi connectivity index (χ2n) is 12.2. The fourth-order valence-electron chi connectivity index (χ4n) is 6.90. The lowest BCUT2D eigenvalue weighted by Gasteiger charge is -2.52. The molecule has 1 saturated carbocycles. The molecule has 1 aliphatic carbocycles. The van der Waals surface area contributed by atoms with Gasteiger partial charge in [-0.3, -0.25) is 14.4 Å². The first kappa shape index (κ1) is 30.3. The van der Waals surface area contributed by atoms with Gasteiger partial charge in [0.1, 0.15) is 0 Å². The van der Waals surface area contributed by atoms with Gasteiger partial charge in [-0.15, -0.1) is 0 Å². The minimum atomic E-state index is -4.41. The van der Waals surface area contributed by atoms with Gasteiger partial charge in [0.2, 0.25) is 5.91 Å². The van der Waals surface area contributed by atoms with Crippen LogP contribution in [-0.2, 0) is 11.3 Å². The van der Waals surface area contributed by atoms with E-state index in [0.717, 1.165) is 31.5 Å². The molecule has 8 nitrogen and oxygen atoms in total. The van der Waals surface area contributed by atoms with Crippen molar-refractivity contribution in [2.45, 2.75) is 63.3 Å². The van der Waals surface area contributed by atoms with Crippen molar-refractivity contribution in [3.63, 3.8) is 0 Å². The number of piperazine rings is 1. The smallest absolute Gasteiger partial charge is 0.387 e. The summed E-state index contributed by atoms with van der Waals surface area (Å²) in [4.78, 5) is 45.5. The number of rotatable bonds is 6.